The SMILES string of the molecule is CCC(CC)NC(=O)Oc1ccc(Oc2ccc(N)cc2C)cc1. The second kappa shape index (κ2) is 8.24. The van der Waals surface area contributed by atoms with Gasteiger partial charge in [0.2, 0.25) is 0 Å². The molecule has 0 aromatic heterocycles. The van der Waals surface area contributed by atoms with E-state index in [1.54, 1.807) is 30.3 Å². The van der Waals surface area contributed by atoms with E-state index < -0.39 is 6.09 Å². The van der Waals surface area contributed by atoms with Crippen molar-refractivity contribution in [3.8, 4) is 17.2 Å². The van der Waals surface area contributed by atoms with E-state index in [1.165, 1.54) is 0 Å². The number of carbonyl (C=O) groups excluding carboxylic acids is 1. The monoisotopic (exact) mass is 328 g/mol. The fourth-order valence-electron chi connectivity index (χ4n) is 2.29. The maximum Gasteiger partial charge on any atom is 0.412 e. The van der Waals surface area contributed by atoms with Gasteiger partial charge in [-0.05, 0) is 67.8 Å². The number of benzene rings is 2. The van der Waals surface area contributed by atoms with Gasteiger partial charge in [0.1, 0.15) is 17.2 Å². The van der Waals surface area contributed by atoms with E-state index >= 15 is 0 Å². The molecule has 5 nitrogen and oxygen atoms in total. The first-order chi connectivity index (χ1) is 11.5. The maximum atomic E-state index is 11.8. The molecular formula is C19H24N2O3. The first-order valence-electron chi connectivity index (χ1n) is 8.14. The molecular weight excluding hydrogens is 304 g/mol. The molecule has 0 aliphatic carbocycles. The van der Waals surface area contributed by atoms with Crippen LogP contribution >= 0.6 is 0 Å². The number of hydrogen-bond acceptors (Lipinski definition) is 4. The smallest absolute Gasteiger partial charge is 0.412 e. The first-order valence-corrected chi connectivity index (χ1v) is 8.14. The third-order valence-corrected chi connectivity index (χ3v) is 3.77. The summed E-state index contributed by atoms with van der Waals surface area (Å²) in [6.07, 6.45) is 1.31. The highest BCUT2D eigenvalue weighted by molar-refractivity contribution is 5.70. The number of hydrogen-bond donors (Lipinski definition) is 2. The molecule has 0 fully saturated rings. The van der Waals surface area contributed by atoms with Crippen molar-refractivity contribution in [2.75, 3.05) is 5.73 Å². The van der Waals surface area contributed by atoms with Crippen LogP contribution in [0.1, 0.15) is 32.3 Å². The molecule has 0 atom stereocenters. The lowest BCUT2D eigenvalue weighted by Crippen LogP contribution is -2.35. The van der Waals surface area contributed by atoms with Crippen LogP contribution in [0.4, 0.5) is 10.5 Å². The van der Waals surface area contributed by atoms with Gasteiger partial charge in [-0.15, -0.1) is 0 Å². The zero-order valence-electron chi connectivity index (χ0n) is 14.3. The van der Waals surface area contributed by atoms with E-state index in [9.17, 15) is 4.79 Å². The van der Waals surface area contributed by atoms with E-state index in [4.69, 9.17) is 15.2 Å². The second-order valence-corrected chi connectivity index (χ2v) is 5.65. The Morgan fingerprint density at radius 3 is 2.29 bits per heavy atom. The largest absolute Gasteiger partial charge is 0.457 e. The standard InChI is InChI=1S/C19H24N2O3/c1-4-15(5-2)21-19(22)24-17-9-7-16(8-10-17)23-18-11-6-14(20)12-13(18)3/h6-12,15H,4-5,20H2,1-3H3,(H,21,22). The van der Waals surface area contributed by atoms with Gasteiger partial charge >= 0.3 is 6.09 Å². The zero-order chi connectivity index (χ0) is 17.5. The number of aryl methyl sites for hydroxylation is 1. The summed E-state index contributed by atoms with van der Waals surface area (Å²) < 4.78 is 11.1. The molecule has 2 aromatic carbocycles. The molecule has 0 aliphatic rings. The van der Waals surface area contributed by atoms with Gasteiger partial charge in [-0.25, -0.2) is 4.79 Å². The van der Waals surface area contributed by atoms with Crippen molar-refractivity contribution in [1.82, 2.24) is 5.32 Å². The number of nitrogens with two attached hydrogens (primary N) is 1. The van der Waals surface area contributed by atoms with Crippen LogP contribution in [0, 0.1) is 6.92 Å². The van der Waals surface area contributed by atoms with E-state index in [1.807, 2.05) is 32.9 Å². The number of ether oxygens (including phenoxy) is 2. The molecule has 1 amide bonds. The molecule has 0 saturated carbocycles. The minimum absolute atomic E-state index is 0.133. The van der Waals surface area contributed by atoms with Crippen molar-refractivity contribution in [2.45, 2.75) is 39.7 Å². The van der Waals surface area contributed by atoms with E-state index in [0.29, 0.717) is 17.2 Å². The minimum Gasteiger partial charge on any atom is -0.457 e. The van der Waals surface area contributed by atoms with Crippen LogP contribution in [0.15, 0.2) is 42.5 Å². The van der Waals surface area contributed by atoms with Gasteiger partial charge in [-0.2, -0.15) is 0 Å². The first kappa shape index (κ1) is 17.7. The number of carbonyl (C=O) groups is 1. The zero-order valence-corrected chi connectivity index (χ0v) is 14.3. The summed E-state index contributed by atoms with van der Waals surface area (Å²) in [6, 6.07) is 12.5. The molecule has 0 spiro atoms. The Kier molecular flexibility index (Phi) is 6.07. The Morgan fingerprint density at radius 1 is 1.08 bits per heavy atom. The van der Waals surface area contributed by atoms with Gasteiger partial charge in [0.15, 0.2) is 0 Å². The molecule has 0 unspecified atom stereocenters. The quantitative estimate of drug-likeness (QED) is 0.757. The van der Waals surface area contributed by atoms with Crippen LogP contribution < -0.4 is 20.5 Å². The summed E-state index contributed by atoms with van der Waals surface area (Å²) in [6.45, 7) is 5.99. The highest BCUT2D eigenvalue weighted by atomic mass is 16.6. The fourth-order valence-corrected chi connectivity index (χ4v) is 2.29. The molecule has 0 heterocycles. The Labute approximate surface area is 142 Å². The van der Waals surface area contributed by atoms with Crippen molar-refractivity contribution < 1.29 is 14.3 Å². The van der Waals surface area contributed by atoms with Crippen LogP contribution in [-0.4, -0.2) is 12.1 Å². The lowest BCUT2D eigenvalue weighted by atomic mass is 10.2. The van der Waals surface area contributed by atoms with Crippen molar-refractivity contribution in [1.29, 1.82) is 0 Å². The minimum atomic E-state index is -0.438. The van der Waals surface area contributed by atoms with Crippen LogP contribution in [0.25, 0.3) is 0 Å². The molecule has 128 valence electrons. The molecule has 0 aliphatic heterocycles. The molecule has 2 rings (SSSR count). The molecule has 24 heavy (non-hydrogen) atoms. The summed E-state index contributed by atoms with van der Waals surface area (Å²) in [5, 5.41) is 2.83. The second-order valence-electron chi connectivity index (χ2n) is 5.65. The molecule has 2 aromatic rings. The molecule has 0 saturated heterocycles. The van der Waals surface area contributed by atoms with Crippen molar-refractivity contribution in [3.63, 3.8) is 0 Å². The van der Waals surface area contributed by atoms with Gasteiger partial charge < -0.3 is 20.5 Å². The predicted molar refractivity (Wildman–Crippen MR) is 95.6 cm³/mol. The third-order valence-electron chi connectivity index (χ3n) is 3.77. The Hall–Kier alpha value is -2.69. The Balaban J connectivity index is 1.96. The number of nitrogen functional groups attached to an aromatic ring is 1. The van der Waals surface area contributed by atoms with Crippen LogP contribution in [0.2, 0.25) is 0 Å². The summed E-state index contributed by atoms with van der Waals surface area (Å²) in [5.74, 6) is 1.87. The summed E-state index contributed by atoms with van der Waals surface area (Å²) in [5.41, 5.74) is 7.39. The lowest BCUT2D eigenvalue weighted by molar-refractivity contribution is 0.195. The van der Waals surface area contributed by atoms with Gasteiger partial charge in [-0.3, -0.25) is 0 Å². The third kappa shape index (κ3) is 4.91. The Morgan fingerprint density at radius 2 is 1.71 bits per heavy atom. The van der Waals surface area contributed by atoms with E-state index in [0.717, 1.165) is 24.2 Å². The molecule has 5 heteroatoms. The highest BCUT2D eigenvalue weighted by Crippen LogP contribution is 2.27. The summed E-state index contributed by atoms with van der Waals surface area (Å²) in [7, 11) is 0. The molecule has 0 bridgehead atoms. The summed E-state index contributed by atoms with van der Waals surface area (Å²) in [4.78, 5) is 11.8. The van der Waals surface area contributed by atoms with Gasteiger partial charge in [0.05, 0.1) is 0 Å². The van der Waals surface area contributed by atoms with Crippen LogP contribution in [0.5, 0.6) is 17.2 Å². The summed E-state index contributed by atoms with van der Waals surface area (Å²) >= 11 is 0. The average molecular weight is 328 g/mol. The predicted octanol–water partition coefficient (Wildman–Crippen LogP) is 4.65. The number of anilines is 1. The molecule has 0 radical (unpaired) electrons. The topological polar surface area (TPSA) is 73.6 Å². The average Bonchev–Trinajstić information content (AvgIpc) is 2.57. The van der Waals surface area contributed by atoms with Crippen molar-refractivity contribution >= 4 is 11.8 Å². The lowest BCUT2D eigenvalue weighted by Gasteiger charge is -2.14. The van der Waals surface area contributed by atoms with E-state index in [2.05, 4.69) is 5.32 Å². The number of rotatable bonds is 6. The van der Waals surface area contributed by atoms with Gasteiger partial charge in [0.25, 0.3) is 0 Å². The number of amides is 1. The number of nitrogens with one attached hydrogen (secondary N) is 1. The van der Waals surface area contributed by atoms with Crippen LogP contribution in [0.3, 0.4) is 0 Å². The fraction of sp³-hybridized carbons (Fsp3) is 0.316. The normalized spacial score (nSPS) is 10.5. The van der Waals surface area contributed by atoms with E-state index in [-0.39, 0.29) is 6.04 Å². The Bertz CT molecular complexity index is 680. The maximum absolute atomic E-state index is 11.8. The molecule has 3 N–H and O–H groups in total. The van der Waals surface area contributed by atoms with Crippen molar-refractivity contribution in [2.24, 2.45) is 0 Å². The van der Waals surface area contributed by atoms with Crippen LogP contribution in [-0.2, 0) is 0 Å². The highest BCUT2D eigenvalue weighted by Gasteiger charge is 2.10. The van der Waals surface area contributed by atoms with Crippen molar-refractivity contribution in [3.05, 3.63) is 48.0 Å². The van der Waals surface area contributed by atoms with Gasteiger partial charge in [-0.1, -0.05) is 13.8 Å². The van der Waals surface area contributed by atoms with Gasteiger partial charge in [0, 0.05) is 11.7 Å².